The number of carbonyl (C=O) groups excluding carboxylic acids is 1. The predicted molar refractivity (Wildman–Crippen MR) is 138 cm³/mol. The van der Waals surface area contributed by atoms with Crippen LogP contribution >= 0.6 is 0 Å². The number of likely N-dealkylation sites (tertiary alicyclic amines) is 1. The van der Waals surface area contributed by atoms with Gasteiger partial charge in [0.25, 0.3) is 10.0 Å². The molecule has 10 heteroatoms. The van der Waals surface area contributed by atoms with E-state index < -0.39 is 15.4 Å². The van der Waals surface area contributed by atoms with Crippen LogP contribution in [0, 0.1) is 19.3 Å². The molecular weight excluding hydrogens is 492 g/mol. The highest BCUT2D eigenvalue weighted by Crippen LogP contribution is 2.37. The summed E-state index contributed by atoms with van der Waals surface area (Å²) in [6, 6.07) is 12.4. The number of hydrogen-bond acceptors (Lipinski definition) is 7. The Kier molecular flexibility index (Phi) is 6.15. The number of amides is 1. The van der Waals surface area contributed by atoms with Crippen molar-refractivity contribution >= 4 is 21.7 Å². The summed E-state index contributed by atoms with van der Waals surface area (Å²) >= 11 is 0. The van der Waals surface area contributed by atoms with E-state index in [1.165, 1.54) is 6.26 Å². The molecule has 1 saturated heterocycles. The molecule has 0 aliphatic carbocycles. The van der Waals surface area contributed by atoms with Crippen LogP contribution in [0.25, 0.3) is 22.6 Å². The zero-order valence-electron chi connectivity index (χ0n) is 21.1. The van der Waals surface area contributed by atoms with Crippen molar-refractivity contribution in [1.29, 1.82) is 0 Å². The molecule has 5 rings (SSSR count). The highest BCUT2D eigenvalue weighted by molar-refractivity contribution is 7.92. The molecule has 0 atom stereocenters. The largest absolute Gasteiger partial charge is 0.445 e. The van der Waals surface area contributed by atoms with Gasteiger partial charge in [-0.3, -0.25) is 9.52 Å². The number of oxazole rings is 1. The van der Waals surface area contributed by atoms with E-state index in [9.17, 15) is 13.2 Å². The summed E-state index contributed by atoms with van der Waals surface area (Å²) in [5, 5.41) is 3.85. The molecule has 2 aromatic heterocycles. The van der Waals surface area contributed by atoms with Gasteiger partial charge < -0.3 is 13.8 Å². The number of nitrogens with zero attached hydrogens (tertiary/aromatic N) is 3. The van der Waals surface area contributed by atoms with Crippen molar-refractivity contribution in [2.45, 2.75) is 45.6 Å². The third kappa shape index (κ3) is 4.64. The Morgan fingerprint density at radius 2 is 1.89 bits per heavy atom. The average molecular weight is 521 g/mol. The molecule has 192 valence electrons. The van der Waals surface area contributed by atoms with E-state index in [1.54, 1.807) is 44.3 Å². The maximum atomic E-state index is 13.5. The number of aryl methyl sites for hydroxylation is 1. The highest BCUT2D eigenvalue weighted by Gasteiger charge is 2.38. The van der Waals surface area contributed by atoms with Gasteiger partial charge in [-0.05, 0) is 49.6 Å². The van der Waals surface area contributed by atoms with E-state index in [0.29, 0.717) is 41.4 Å². The summed E-state index contributed by atoms with van der Waals surface area (Å²) in [7, 11) is -4.01. The van der Waals surface area contributed by atoms with E-state index in [2.05, 4.69) is 14.9 Å². The molecule has 0 spiro atoms. The van der Waals surface area contributed by atoms with Crippen molar-refractivity contribution in [3.63, 3.8) is 0 Å². The smallest absolute Gasteiger partial charge is 0.263 e. The molecule has 0 saturated carbocycles. The maximum absolute atomic E-state index is 13.5. The van der Waals surface area contributed by atoms with Crippen LogP contribution in [0.5, 0.6) is 0 Å². The first-order valence-electron chi connectivity index (χ1n) is 11.9. The normalized spacial score (nSPS) is 15.4. The molecular formula is C27H28N4O5S. The van der Waals surface area contributed by atoms with Crippen LogP contribution in [-0.4, -0.2) is 35.9 Å². The molecule has 0 unspecified atom stereocenters. The number of sulfonamides is 1. The number of rotatable bonds is 7. The van der Waals surface area contributed by atoms with Gasteiger partial charge in [-0.25, -0.2) is 13.4 Å². The second-order valence-electron chi connectivity index (χ2n) is 9.88. The minimum Gasteiger partial charge on any atom is -0.445 e. The summed E-state index contributed by atoms with van der Waals surface area (Å²) < 4.78 is 40.2. The van der Waals surface area contributed by atoms with Crippen molar-refractivity contribution in [1.82, 2.24) is 15.0 Å². The number of hydrogen-bond donors (Lipinski definition) is 1. The average Bonchev–Trinajstić information content (AvgIpc) is 3.58. The number of anilines is 1. The Balaban J connectivity index is 1.60. The zero-order valence-corrected chi connectivity index (χ0v) is 21.9. The molecule has 3 heterocycles. The first-order valence-corrected chi connectivity index (χ1v) is 13.4. The van der Waals surface area contributed by atoms with Crippen LogP contribution in [0.2, 0.25) is 0 Å². The van der Waals surface area contributed by atoms with E-state index >= 15 is 0 Å². The molecule has 0 radical (unpaired) electrons. The van der Waals surface area contributed by atoms with Crippen LogP contribution in [0.4, 0.5) is 5.82 Å². The Bertz CT molecular complexity index is 1570. The zero-order chi connectivity index (χ0) is 26.4. The molecule has 37 heavy (non-hydrogen) atoms. The minimum absolute atomic E-state index is 0.0689. The number of carbonyl (C=O) groups is 1. The van der Waals surface area contributed by atoms with Gasteiger partial charge in [0, 0.05) is 35.2 Å². The van der Waals surface area contributed by atoms with Gasteiger partial charge in [-0.2, -0.15) is 0 Å². The Hall–Kier alpha value is -3.92. The molecule has 2 aromatic carbocycles. The van der Waals surface area contributed by atoms with Crippen LogP contribution in [0.15, 0.2) is 68.8 Å². The lowest BCUT2D eigenvalue weighted by atomic mass is 9.92. The van der Waals surface area contributed by atoms with E-state index in [1.807, 2.05) is 36.9 Å². The fraction of sp³-hybridized carbons (Fsp3) is 0.296. The van der Waals surface area contributed by atoms with Gasteiger partial charge in [-0.1, -0.05) is 43.3 Å². The topological polar surface area (TPSA) is 119 Å². The standard InChI is InChI=1S/C27H28N4O5S/c1-17-18(2)36-29-24(17)30-37(33,34)23-8-6-5-7-22(23)21-10-9-19(25-28-12-14-35-25)15-20(21)16-31-13-11-27(3,4)26(31)32/h5-10,12,14-15H,11,13,16H2,1-4H3,(H,29,30). The number of aromatic nitrogens is 2. The fourth-order valence-electron chi connectivity index (χ4n) is 4.51. The molecule has 4 aromatic rings. The molecule has 0 bridgehead atoms. The van der Waals surface area contributed by atoms with Crippen LogP contribution in [0.3, 0.4) is 0 Å². The van der Waals surface area contributed by atoms with Gasteiger partial charge in [0.15, 0.2) is 5.82 Å². The Labute approximate surface area is 215 Å². The highest BCUT2D eigenvalue weighted by atomic mass is 32.2. The first-order chi connectivity index (χ1) is 17.6. The Morgan fingerprint density at radius 3 is 2.54 bits per heavy atom. The van der Waals surface area contributed by atoms with Gasteiger partial charge in [0.1, 0.15) is 12.0 Å². The maximum Gasteiger partial charge on any atom is 0.263 e. The monoisotopic (exact) mass is 520 g/mol. The SMILES string of the molecule is Cc1onc(NS(=O)(=O)c2ccccc2-c2ccc(-c3ncco3)cc2CN2CCC(C)(C)C2=O)c1C. The van der Waals surface area contributed by atoms with Gasteiger partial charge in [0.2, 0.25) is 11.8 Å². The second kappa shape index (κ2) is 9.19. The van der Waals surface area contributed by atoms with E-state index in [4.69, 9.17) is 8.94 Å². The van der Waals surface area contributed by atoms with Gasteiger partial charge >= 0.3 is 0 Å². The van der Waals surface area contributed by atoms with Crippen molar-refractivity contribution in [3.05, 3.63) is 71.8 Å². The molecule has 1 aliphatic heterocycles. The lowest BCUT2D eigenvalue weighted by molar-refractivity contribution is -0.135. The summed E-state index contributed by atoms with van der Waals surface area (Å²) in [4.78, 5) is 19.2. The first kappa shape index (κ1) is 24.8. The van der Waals surface area contributed by atoms with Crippen LogP contribution in [0.1, 0.15) is 37.2 Å². The second-order valence-corrected chi connectivity index (χ2v) is 11.5. The molecule has 9 nitrogen and oxygen atoms in total. The predicted octanol–water partition coefficient (Wildman–Crippen LogP) is 5.17. The summed E-state index contributed by atoms with van der Waals surface area (Å²) in [6.07, 6.45) is 3.82. The summed E-state index contributed by atoms with van der Waals surface area (Å²) in [5.74, 6) is 1.20. The quantitative estimate of drug-likeness (QED) is 0.357. The number of benzene rings is 2. The van der Waals surface area contributed by atoms with Crippen molar-refractivity contribution in [2.75, 3.05) is 11.3 Å². The molecule has 1 amide bonds. The number of nitrogens with one attached hydrogen (secondary N) is 1. The van der Waals surface area contributed by atoms with Crippen molar-refractivity contribution in [2.24, 2.45) is 5.41 Å². The molecule has 1 aliphatic rings. The summed E-state index contributed by atoms with van der Waals surface area (Å²) in [5.41, 5.74) is 2.92. The van der Waals surface area contributed by atoms with E-state index in [0.717, 1.165) is 17.5 Å². The lowest BCUT2D eigenvalue weighted by Crippen LogP contribution is -2.30. The van der Waals surface area contributed by atoms with Crippen LogP contribution < -0.4 is 4.72 Å². The molecule has 1 fully saturated rings. The fourth-order valence-corrected chi connectivity index (χ4v) is 5.79. The van der Waals surface area contributed by atoms with Gasteiger partial charge in [-0.15, -0.1) is 0 Å². The van der Waals surface area contributed by atoms with E-state index in [-0.39, 0.29) is 16.6 Å². The lowest BCUT2D eigenvalue weighted by Gasteiger charge is -2.22. The van der Waals surface area contributed by atoms with Crippen LogP contribution in [-0.2, 0) is 21.4 Å². The van der Waals surface area contributed by atoms with Crippen molar-refractivity contribution < 1.29 is 22.2 Å². The van der Waals surface area contributed by atoms with Gasteiger partial charge in [0.05, 0.1) is 11.1 Å². The van der Waals surface area contributed by atoms with Crippen molar-refractivity contribution in [3.8, 4) is 22.6 Å². The summed E-state index contributed by atoms with van der Waals surface area (Å²) in [6.45, 7) is 8.30. The third-order valence-corrected chi connectivity index (χ3v) is 8.27. The molecule has 1 N–H and O–H groups in total. The minimum atomic E-state index is -4.01. The Morgan fingerprint density at radius 1 is 1.11 bits per heavy atom. The third-order valence-electron chi connectivity index (χ3n) is 6.87.